The fourth-order valence-corrected chi connectivity index (χ4v) is 3.74. The van der Waals surface area contributed by atoms with Crippen molar-refractivity contribution >= 4 is 17.5 Å². The monoisotopic (exact) mass is 405 g/mol. The van der Waals surface area contributed by atoms with Gasteiger partial charge in [0.1, 0.15) is 5.82 Å². The van der Waals surface area contributed by atoms with E-state index in [1.807, 2.05) is 36.4 Å². The average molecular weight is 406 g/mol. The first-order chi connectivity index (χ1) is 14.7. The molecule has 0 radical (unpaired) electrons. The number of methoxy groups -OCH3 is 2. The summed E-state index contributed by atoms with van der Waals surface area (Å²) in [4.78, 5) is 13.6. The zero-order valence-electron chi connectivity index (χ0n) is 17.4. The fourth-order valence-electron chi connectivity index (χ4n) is 3.74. The van der Waals surface area contributed by atoms with E-state index in [4.69, 9.17) is 19.4 Å². The molecule has 1 aromatic carbocycles. The van der Waals surface area contributed by atoms with Crippen LogP contribution in [0.1, 0.15) is 32.1 Å². The van der Waals surface area contributed by atoms with E-state index in [0.29, 0.717) is 29.3 Å². The van der Waals surface area contributed by atoms with Gasteiger partial charge in [-0.2, -0.15) is 4.98 Å². The van der Waals surface area contributed by atoms with Gasteiger partial charge in [-0.3, -0.25) is 4.98 Å². The second-order valence-electron chi connectivity index (χ2n) is 7.37. The average Bonchev–Trinajstić information content (AvgIpc) is 2.80. The van der Waals surface area contributed by atoms with Crippen LogP contribution in [0.25, 0.3) is 11.3 Å². The highest BCUT2D eigenvalue weighted by Crippen LogP contribution is 2.32. The number of pyridine rings is 1. The van der Waals surface area contributed by atoms with Crippen LogP contribution in [0.15, 0.2) is 48.8 Å². The van der Waals surface area contributed by atoms with Crippen LogP contribution in [0.4, 0.5) is 17.5 Å². The number of aromatic nitrogens is 3. The second kappa shape index (κ2) is 9.43. The number of anilines is 3. The molecule has 1 aliphatic carbocycles. The molecular formula is C23H27N5O2. The molecule has 30 heavy (non-hydrogen) atoms. The normalized spacial score (nSPS) is 14.2. The zero-order chi connectivity index (χ0) is 20.8. The number of benzene rings is 1. The molecule has 156 valence electrons. The SMILES string of the molecule is COc1ccc(Nc2cc(-c3ccncc3)nc(NC3CCCCC3)n2)cc1OC. The van der Waals surface area contributed by atoms with E-state index in [1.165, 1.54) is 19.3 Å². The third kappa shape index (κ3) is 4.79. The van der Waals surface area contributed by atoms with Crippen molar-refractivity contribution in [1.29, 1.82) is 0 Å². The van der Waals surface area contributed by atoms with E-state index in [-0.39, 0.29) is 0 Å². The van der Waals surface area contributed by atoms with Gasteiger partial charge >= 0.3 is 0 Å². The number of nitrogens with zero attached hydrogens (tertiary/aromatic N) is 3. The largest absolute Gasteiger partial charge is 0.493 e. The van der Waals surface area contributed by atoms with Gasteiger partial charge in [-0.05, 0) is 37.1 Å². The zero-order valence-corrected chi connectivity index (χ0v) is 17.4. The summed E-state index contributed by atoms with van der Waals surface area (Å²) in [7, 11) is 3.25. The second-order valence-corrected chi connectivity index (χ2v) is 7.37. The highest BCUT2D eigenvalue weighted by molar-refractivity contribution is 5.68. The van der Waals surface area contributed by atoms with E-state index in [1.54, 1.807) is 26.6 Å². The molecule has 7 nitrogen and oxygen atoms in total. The highest BCUT2D eigenvalue weighted by atomic mass is 16.5. The van der Waals surface area contributed by atoms with Crippen LogP contribution in [0.5, 0.6) is 11.5 Å². The van der Waals surface area contributed by atoms with Crippen molar-refractivity contribution in [2.75, 3.05) is 24.9 Å². The molecule has 1 fully saturated rings. The summed E-state index contributed by atoms with van der Waals surface area (Å²) in [6.45, 7) is 0. The van der Waals surface area contributed by atoms with Crippen LogP contribution >= 0.6 is 0 Å². The smallest absolute Gasteiger partial charge is 0.225 e. The van der Waals surface area contributed by atoms with Crippen LogP contribution in [0, 0.1) is 0 Å². The van der Waals surface area contributed by atoms with Gasteiger partial charge < -0.3 is 20.1 Å². The Morgan fingerprint density at radius 2 is 1.63 bits per heavy atom. The molecule has 3 aromatic rings. The predicted octanol–water partition coefficient (Wildman–Crippen LogP) is 5.04. The van der Waals surface area contributed by atoms with Crippen molar-refractivity contribution in [3.05, 3.63) is 48.8 Å². The summed E-state index contributed by atoms with van der Waals surface area (Å²) in [5, 5.41) is 6.91. The lowest BCUT2D eigenvalue weighted by atomic mass is 9.96. The predicted molar refractivity (Wildman–Crippen MR) is 119 cm³/mol. The Morgan fingerprint density at radius 1 is 0.867 bits per heavy atom. The van der Waals surface area contributed by atoms with Crippen molar-refractivity contribution in [2.45, 2.75) is 38.1 Å². The van der Waals surface area contributed by atoms with Crippen LogP contribution in [-0.2, 0) is 0 Å². The first-order valence-corrected chi connectivity index (χ1v) is 10.3. The Kier molecular flexibility index (Phi) is 6.27. The number of ether oxygens (including phenoxy) is 2. The third-order valence-electron chi connectivity index (χ3n) is 5.30. The Labute approximate surface area is 176 Å². The number of nitrogens with one attached hydrogen (secondary N) is 2. The maximum atomic E-state index is 5.41. The van der Waals surface area contributed by atoms with Gasteiger partial charge in [0.2, 0.25) is 5.95 Å². The lowest BCUT2D eigenvalue weighted by Gasteiger charge is -2.23. The molecule has 0 spiro atoms. The molecule has 1 aliphatic rings. The van der Waals surface area contributed by atoms with Gasteiger partial charge in [0.05, 0.1) is 19.9 Å². The first kappa shape index (κ1) is 19.9. The van der Waals surface area contributed by atoms with Gasteiger partial charge in [-0.15, -0.1) is 0 Å². The summed E-state index contributed by atoms with van der Waals surface area (Å²) in [6, 6.07) is 12.0. The van der Waals surface area contributed by atoms with Gasteiger partial charge in [-0.25, -0.2) is 4.98 Å². The van der Waals surface area contributed by atoms with Crippen molar-refractivity contribution in [2.24, 2.45) is 0 Å². The topological polar surface area (TPSA) is 81.2 Å². The molecular weight excluding hydrogens is 378 g/mol. The van der Waals surface area contributed by atoms with Crippen LogP contribution < -0.4 is 20.1 Å². The first-order valence-electron chi connectivity index (χ1n) is 10.3. The van der Waals surface area contributed by atoms with Gasteiger partial charge in [-0.1, -0.05) is 19.3 Å². The van der Waals surface area contributed by atoms with Crippen LogP contribution in [0.3, 0.4) is 0 Å². The van der Waals surface area contributed by atoms with Crippen LogP contribution in [-0.4, -0.2) is 35.2 Å². The summed E-state index contributed by atoms with van der Waals surface area (Å²) >= 11 is 0. The van der Waals surface area contributed by atoms with E-state index in [2.05, 4.69) is 15.6 Å². The van der Waals surface area contributed by atoms with Crippen molar-refractivity contribution < 1.29 is 9.47 Å². The van der Waals surface area contributed by atoms with E-state index in [9.17, 15) is 0 Å². The Hall–Kier alpha value is -3.35. The number of hydrogen-bond donors (Lipinski definition) is 2. The minimum Gasteiger partial charge on any atom is -0.493 e. The minimum atomic E-state index is 0.417. The standard InChI is InChI=1S/C23H27N5O2/c1-29-20-9-8-18(14-21(20)30-2)25-22-15-19(16-10-12-24-13-11-16)27-23(28-22)26-17-6-4-3-5-7-17/h8-15,17H,3-7H2,1-2H3,(H2,25,26,27,28). The number of hydrogen-bond acceptors (Lipinski definition) is 7. The highest BCUT2D eigenvalue weighted by Gasteiger charge is 2.16. The Morgan fingerprint density at radius 3 is 2.37 bits per heavy atom. The summed E-state index contributed by atoms with van der Waals surface area (Å²) in [6.07, 6.45) is 9.65. The lowest BCUT2D eigenvalue weighted by Crippen LogP contribution is -2.23. The molecule has 2 heterocycles. The molecule has 0 saturated heterocycles. The minimum absolute atomic E-state index is 0.417. The van der Waals surface area contributed by atoms with Crippen molar-refractivity contribution in [3.8, 4) is 22.8 Å². The Balaban J connectivity index is 1.65. The summed E-state index contributed by atoms with van der Waals surface area (Å²) < 4.78 is 10.7. The maximum Gasteiger partial charge on any atom is 0.225 e. The van der Waals surface area contributed by atoms with Gasteiger partial charge in [0, 0.05) is 41.8 Å². The summed E-state index contributed by atoms with van der Waals surface area (Å²) in [5.74, 6) is 2.69. The lowest BCUT2D eigenvalue weighted by molar-refractivity contribution is 0.355. The molecule has 0 aliphatic heterocycles. The molecule has 2 aromatic heterocycles. The fraction of sp³-hybridized carbons (Fsp3) is 0.348. The third-order valence-corrected chi connectivity index (χ3v) is 5.30. The Bertz CT molecular complexity index is 975. The number of rotatable bonds is 7. The van der Waals surface area contributed by atoms with E-state index >= 15 is 0 Å². The molecule has 0 amide bonds. The molecule has 2 N–H and O–H groups in total. The molecule has 7 heteroatoms. The van der Waals surface area contributed by atoms with Crippen molar-refractivity contribution in [1.82, 2.24) is 15.0 Å². The van der Waals surface area contributed by atoms with E-state index < -0.39 is 0 Å². The van der Waals surface area contributed by atoms with E-state index in [0.717, 1.165) is 29.8 Å². The quantitative estimate of drug-likeness (QED) is 0.570. The van der Waals surface area contributed by atoms with Crippen LogP contribution in [0.2, 0.25) is 0 Å². The molecule has 0 bridgehead atoms. The molecule has 0 unspecified atom stereocenters. The molecule has 1 saturated carbocycles. The maximum absolute atomic E-state index is 5.41. The van der Waals surface area contributed by atoms with Gasteiger partial charge in [0.25, 0.3) is 0 Å². The molecule has 0 atom stereocenters. The summed E-state index contributed by atoms with van der Waals surface area (Å²) in [5.41, 5.74) is 2.69. The van der Waals surface area contributed by atoms with Crippen molar-refractivity contribution in [3.63, 3.8) is 0 Å². The molecule has 4 rings (SSSR count). The van der Waals surface area contributed by atoms with Gasteiger partial charge in [0.15, 0.2) is 11.5 Å².